The van der Waals surface area contributed by atoms with Gasteiger partial charge in [0.25, 0.3) is 21.2 Å². The van der Waals surface area contributed by atoms with E-state index < -0.39 is 64.0 Å². The number of aliphatic hydroxyl groups excluding tert-OH is 2. The Hall–Kier alpha value is -3.69. The Labute approximate surface area is 386 Å². The third-order valence-corrected chi connectivity index (χ3v) is 13.0. The number of unbranched alkanes of at least 4 members (excludes halogenated alkanes) is 6. The number of aliphatic hydroxyl groups is 2. The van der Waals surface area contributed by atoms with Gasteiger partial charge in [-0.25, -0.2) is 13.9 Å². The fourth-order valence-corrected chi connectivity index (χ4v) is 9.46. The predicted octanol–water partition coefficient (Wildman–Crippen LogP) is 1.16. The minimum absolute atomic E-state index is 0. The largest absolute Gasteiger partial charge is 1.00 e. The Kier molecular flexibility index (Phi) is 17.6. The molecule has 3 aliphatic rings. The zero-order valence-electron chi connectivity index (χ0n) is 33.8. The molecule has 1 saturated heterocycles. The van der Waals surface area contributed by atoms with Gasteiger partial charge in [0.1, 0.15) is 35.4 Å². The summed E-state index contributed by atoms with van der Waals surface area (Å²) in [5, 5.41) is 41.4. The van der Waals surface area contributed by atoms with Gasteiger partial charge in [-0.3, -0.25) is 28.3 Å². The van der Waals surface area contributed by atoms with Crippen molar-refractivity contribution in [3.8, 4) is 28.2 Å². The number of hydrogen-bond donors (Lipinski definition) is 5. The molecule has 0 spiro atoms. The van der Waals surface area contributed by atoms with Crippen LogP contribution < -0.4 is 56.0 Å². The number of carbonyl (C=O) groups is 1. The Morgan fingerprint density at radius 1 is 0.857 bits per heavy atom. The normalized spacial score (nSPS) is 19.4. The second-order valence-corrected chi connectivity index (χ2v) is 18.1. The summed E-state index contributed by atoms with van der Waals surface area (Å²) in [5.74, 6) is -0.941. The van der Waals surface area contributed by atoms with E-state index >= 15 is 0 Å². The fourth-order valence-electron chi connectivity index (χ4n) is 7.10. The van der Waals surface area contributed by atoms with Crippen LogP contribution in [-0.4, -0.2) is 72.3 Å². The molecule has 1 aromatic heterocycles. The quantitative estimate of drug-likeness (QED) is 0.0227. The molecule has 23 heteroatoms. The maximum atomic E-state index is 12.6. The molecular formula is C40H42N2NaO17P2S-. The van der Waals surface area contributed by atoms with Crippen LogP contribution in [0.25, 0.3) is 33.4 Å². The van der Waals surface area contributed by atoms with E-state index in [0.717, 1.165) is 59.4 Å². The number of rotatable bonds is 21. The summed E-state index contributed by atoms with van der Waals surface area (Å²) in [5.41, 5.74) is 0.595. The summed E-state index contributed by atoms with van der Waals surface area (Å²) in [6.07, 6.45) is 0.486. The smallest absolute Gasteiger partial charge is 0.756 e. The van der Waals surface area contributed by atoms with E-state index in [-0.39, 0.29) is 70.7 Å². The summed E-state index contributed by atoms with van der Waals surface area (Å²) in [7, 11) is -10.9. The number of carboxylic acid groups (broad SMARTS) is 1. The van der Waals surface area contributed by atoms with Crippen molar-refractivity contribution in [3.05, 3.63) is 109 Å². The molecule has 5 N–H and O–H groups in total. The number of aromatic nitrogens is 2. The zero-order chi connectivity index (χ0) is 44.8. The molecule has 6 atom stereocenters. The number of phenolic OH excluding ortho intramolecular Hbond substituents is 1. The summed E-state index contributed by atoms with van der Waals surface area (Å²) in [4.78, 5) is 75.0. The van der Waals surface area contributed by atoms with Gasteiger partial charge in [0.05, 0.1) is 18.8 Å². The van der Waals surface area contributed by atoms with Crippen molar-refractivity contribution in [2.24, 2.45) is 0 Å². The Morgan fingerprint density at radius 2 is 1.54 bits per heavy atom. The maximum Gasteiger partial charge on any atom is 1.00 e. The van der Waals surface area contributed by atoms with E-state index in [1.807, 2.05) is 11.1 Å². The van der Waals surface area contributed by atoms with Crippen molar-refractivity contribution in [1.82, 2.24) is 9.55 Å². The van der Waals surface area contributed by atoms with Gasteiger partial charge in [0.15, 0.2) is 11.7 Å². The molecule has 1 fully saturated rings. The van der Waals surface area contributed by atoms with Crippen LogP contribution in [-0.2, 0) is 33.6 Å². The first-order chi connectivity index (χ1) is 29.4. The van der Waals surface area contributed by atoms with E-state index in [2.05, 4.69) is 13.4 Å². The summed E-state index contributed by atoms with van der Waals surface area (Å²) in [6, 6.07) is 14.9. The molecule has 0 bridgehead atoms. The first-order valence-electron chi connectivity index (χ1n) is 19.4. The maximum absolute atomic E-state index is 12.6. The van der Waals surface area contributed by atoms with Crippen LogP contribution in [0.15, 0.2) is 85.7 Å². The Balaban J connectivity index is 0.00000748. The van der Waals surface area contributed by atoms with Crippen molar-refractivity contribution in [1.29, 1.82) is 0 Å². The topological polar surface area (TPSA) is 300 Å². The first-order valence-corrected chi connectivity index (χ1v) is 22.8. The first kappa shape index (κ1) is 50.3. The van der Waals surface area contributed by atoms with Gasteiger partial charge in [0, 0.05) is 47.3 Å². The van der Waals surface area contributed by atoms with Crippen LogP contribution in [0.4, 0.5) is 0 Å². The number of phosphoric acid groups is 2. The standard InChI is InChI=1S/C40H44N2O17P2S.Na/c43-24-10-13-28-31(20-24)57-32-21-25(44)11-14-29(32)35(28)27-12-9-23(19-30(27)39(48)49)18-26(62)8-6-4-2-1-3-5-7-17-55-60(51,52)59-61(53,54)56-22-33-36(46)37(47)38(58-33)42-16-15-34(45)41-40(42)50;/h9-16,19-21,33,36-38,43,46-47H,1-8,17-18,22H2,(H,48,49)(H,51,52)(H,53,54)(H,41,45,50);/q;+1/p-2. The zero-order valence-corrected chi connectivity index (χ0v) is 38.4. The number of benzene rings is 3. The number of thiocarbonyl (C=S) groups is 1. The number of aromatic hydroxyl groups is 1. The van der Waals surface area contributed by atoms with Crippen molar-refractivity contribution < 1.29 is 96.2 Å². The Bertz CT molecular complexity index is 2690. The summed E-state index contributed by atoms with van der Waals surface area (Å²) >= 11 is 5.64. The van der Waals surface area contributed by atoms with Gasteiger partial charge in [-0.1, -0.05) is 56.5 Å². The van der Waals surface area contributed by atoms with Crippen LogP contribution >= 0.6 is 27.9 Å². The van der Waals surface area contributed by atoms with Gasteiger partial charge in [-0.2, -0.15) is 0 Å². The summed E-state index contributed by atoms with van der Waals surface area (Å²) < 4.78 is 49.6. The fraction of sp³-hybridized carbons (Fsp3) is 0.375. The molecule has 3 aromatic rings. The Morgan fingerprint density at radius 3 is 2.25 bits per heavy atom. The minimum atomic E-state index is -5.55. The van der Waals surface area contributed by atoms with Crippen LogP contribution in [0.2, 0.25) is 0 Å². The third kappa shape index (κ3) is 13.2. The van der Waals surface area contributed by atoms with Crippen LogP contribution in [0.3, 0.4) is 0 Å². The number of phosphoric ester groups is 2. The van der Waals surface area contributed by atoms with Crippen molar-refractivity contribution in [2.75, 3.05) is 13.2 Å². The molecule has 19 nitrogen and oxygen atoms in total. The number of H-pyrrole nitrogens is 1. The number of ether oxygens (including phenoxy) is 1. The number of aromatic carboxylic acids is 1. The number of nitrogens with one attached hydrogen (secondary N) is 1. The molecule has 6 rings (SSSR count). The van der Waals surface area contributed by atoms with E-state index in [1.165, 1.54) is 24.3 Å². The molecule has 2 aromatic carbocycles. The number of fused-ring (bicyclic) bond motifs is 2. The number of carboxylic acids is 1. The van der Waals surface area contributed by atoms with Gasteiger partial charge >= 0.3 is 41.2 Å². The van der Waals surface area contributed by atoms with E-state index in [1.54, 1.807) is 24.3 Å². The van der Waals surface area contributed by atoms with Crippen LogP contribution in [0, 0.1) is 0 Å². The molecule has 0 saturated carbocycles. The molecular weight excluding hydrogens is 897 g/mol. The van der Waals surface area contributed by atoms with Crippen molar-refractivity contribution in [3.63, 3.8) is 0 Å². The van der Waals surface area contributed by atoms with Gasteiger partial charge in [0.2, 0.25) is 0 Å². The van der Waals surface area contributed by atoms with E-state index in [4.69, 9.17) is 21.4 Å². The van der Waals surface area contributed by atoms with Gasteiger partial charge in [-0.05, 0) is 65.6 Å². The van der Waals surface area contributed by atoms with Crippen LogP contribution in [0.5, 0.6) is 5.75 Å². The monoisotopic (exact) mass is 939 g/mol. The molecule has 0 radical (unpaired) electrons. The molecule has 6 unspecified atom stereocenters. The number of phenols is 1. The number of hydrogen-bond acceptors (Lipinski definition) is 17. The van der Waals surface area contributed by atoms with Crippen molar-refractivity contribution >= 4 is 49.7 Å². The molecule has 2 aliphatic heterocycles. The van der Waals surface area contributed by atoms with Crippen molar-refractivity contribution in [2.45, 2.75) is 82.3 Å². The number of nitrogens with zero attached hydrogens (tertiary/aromatic N) is 1. The predicted molar refractivity (Wildman–Crippen MR) is 222 cm³/mol. The molecule has 1 aliphatic carbocycles. The van der Waals surface area contributed by atoms with E-state index in [9.17, 15) is 58.5 Å². The second-order valence-electron chi connectivity index (χ2n) is 14.6. The number of aromatic amines is 1. The molecule has 63 heavy (non-hydrogen) atoms. The SMILES string of the molecule is O=C(O)c1cc(CC(=S)CCCCCCCCCOP(=O)([O-])OP(=O)([O-])OCC2OC(n3ccc(=O)[nH]c3=O)C(O)C2O)ccc1-c1c2ccc(=O)cc-2oc2cc(O)ccc12.[Na+]. The minimum Gasteiger partial charge on any atom is -0.756 e. The third-order valence-electron chi connectivity index (χ3n) is 10.1. The molecule has 0 amide bonds. The van der Waals surface area contributed by atoms with Gasteiger partial charge < -0.3 is 48.4 Å². The molecule has 332 valence electrons. The average molecular weight is 940 g/mol. The average Bonchev–Trinajstić information content (AvgIpc) is 3.48. The van der Waals surface area contributed by atoms with E-state index in [0.29, 0.717) is 41.3 Å². The van der Waals surface area contributed by atoms with Crippen LogP contribution in [0.1, 0.15) is 73.5 Å². The molecule has 3 heterocycles. The second kappa shape index (κ2) is 22.0. The summed E-state index contributed by atoms with van der Waals surface area (Å²) in [6.45, 7) is -1.34. The van der Waals surface area contributed by atoms with Gasteiger partial charge in [-0.15, -0.1) is 0 Å².